The fourth-order valence-corrected chi connectivity index (χ4v) is 3.94. The van der Waals surface area contributed by atoms with E-state index in [1.54, 1.807) is 6.07 Å². The summed E-state index contributed by atoms with van der Waals surface area (Å²) in [5.74, 6) is 0.706. The Bertz CT molecular complexity index is 750. The Balaban J connectivity index is 1.47. The minimum Gasteiger partial charge on any atom is -0.490 e. The van der Waals surface area contributed by atoms with Gasteiger partial charge in [-0.15, -0.1) is 0 Å². The lowest BCUT2D eigenvalue weighted by Gasteiger charge is -2.34. The Morgan fingerprint density at radius 3 is 2.37 bits per heavy atom. The highest BCUT2D eigenvalue weighted by atomic mass is 19.1. The van der Waals surface area contributed by atoms with Crippen LogP contribution in [0, 0.1) is 26.6 Å². The first kappa shape index (κ1) is 19.6. The molecule has 1 aliphatic heterocycles. The van der Waals surface area contributed by atoms with Crippen LogP contribution in [-0.4, -0.2) is 50.5 Å². The molecule has 3 rings (SSSR count). The third-order valence-electron chi connectivity index (χ3n) is 5.21. The molecule has 0 aromatic heterocycles. The van der Waals surface area contributed by atoms with Gasteiger partial charge in [-0.3, -0.25) is 0 Å². The number of piperazine rings is 1. The van der Waals surface area contributed by atoms with Crippen molar-refractivity contribution in [2.24, 2.45) is 0 Å². The highest BCUT2D eigenvalue weighted by molar-refractivity contribution is 5.47. The molecule has 2 aromatic rings. The Morgan fingerprint density at radius 1 is 1.11 bits per heavy atom. The molecule has 27 heavy (non-hydrogen) atoms. The van der Waals surface area contributed by atoms with Gasteiger partial charge in [-0.2, -0.15) is 0 Å². The molecule has 0 saturated carbocycles. The third-order valence-corrected chi connectivity index (χ3v) is 5.21. The van der Waals surface area contributed by atoms with Gasteiger partial charge in [0.05, 0.1) is 31.9 Å². The predicted molar refractivity (Wildman–Crippen MR) is 106 cm³/mol. The van der Waals surface area contributed by atoms with E-state index in [0.29, 0.717) is 18.8 Å². The van der Waals surface area contributed by atoms with Crippen molar-refractivity contribution in [2.75, 3.05) is 44.2 Å². The zero-order valence-electron chi connectivity index (χ0n) is 16.5. The summed E-state index contributed by atoms with van der Waals surface area (Å²) in [7, 11) is 0. The number of ether oxygens (including phenoxy) is 1. The number of hydrogen-bond acceptors (Lipinski definition) is 3. The van der Waals surface area contributed by atoms with Gasteiger partial charge in [0.1, 0.15) is 30.8 Å². The molecule has 146 valence electrons. The standard InChI is InChI=1S/C22H29FN2O2/c1-16-12-17(2)22(18(3)13-16)27-15-19(26)14-24-8-10-25(11-9-24)21-7-5-4-6-20(21)23/h4-7,12-13,19,26H,8-11,14-15H2,1-3H3/p+1. The van der Waals surface area contributed by atoms with Crippen molar-refractivity contribution < 1.29 is 19.1 Å². The fourth-order valence-electron chi connectivity index (χ4n) is 3.94. The number of nitrogens with one attached hydrogen (secondary N) is 1. The van der Waals surface area contributed by atoms with Gasteiger partial charge in [-0.05, 0) is 44.0 Å². The molecule has 5 heteroatoms. The van der Waals surface area contributed by atoms with Crippen molar-refractivity contribution in [1.82, 2.24) is 0 Å². The average molecular weight is 373 g/mol. The molecule has 1 saturated heterocycles. The predicted octanol–water partition coefficient (Wildman–Crippen LogP) is 1.90. The van der Waals surface area contributed by atoms with E-state index in [1.165, 1.54) is 16.5 Å². The lowest BCUT2D eigenvalue weighted by atomic mass is 10.1. The summed E-state index contributed by atoms with van der Waals surface area (Å²) >= 11 is 0. The molecule has 2 aromatic carbocycles. The number of aliphatic hydroxyl groups excluding tert-OH is 1. The first-order chi connectivity index (χ1) is 12.9. The van der Waals surface area contributed by atoms with Gasteiger partial charge in [-0.25, -0.2) is 4.39 Å². The van der Waals surface area contributed by atoms with Gasteiger partial charge in [0.2, 0.25) is 0 Å². The Kier molecular flexibility index (Phi) is 6.34. The van der Waals surface area contributed by atoms with Crippen molar-refractivity contribution in [1.29, 1.82) is 0 Å². The SMILES string of the molecule is Cc1cc(C)c(OCC(O)C[NH+]2CCN(c3ccccc3F)CC2)c(C)c1. The number of rotatable bonds is 6. The lowest BCUT2D eigenvalue weighted by molar-refractivity contribution is -0.903. The molecule has 0 amide bonds. The maximum Gasteiger partial charge on any atom is 0.146 e. The molecule has 1 atom stereocenters. The van der Waals surface area contributed by atoms with Crippen LogP contribution in [0.2, 0.25) is 0 Å². The van der Waals surface area contributed by atoms with E-state index in [9.17, 15) is 9.50 Å². The van der Waals surface area contributed by atoms with Crippen LogP contribution >= 0.6 is 0 Å². The lowest BCUT2D eigenvalue weighted by Crippen LogP contribution is -3.16. The van der Waals surface area contributed by atoms with Crippen LogP contribution in [-0.2, 0) is 0 Å². The number of quaternary nitrogens is 1. The summed E-state index contributed by atoms with van der Waals surface area (Å²) in [5, 5.41) is 10.4. The van der Waals surface area contributed by atoms with Crippen molar-refractivity contribution in [3.8, 4) is 5.75 Å². The molecule has 2 N–H and O–H groups in total. The van der Waals surface area contributed by atoms with E-state index in [1.807, 2.05) is 26.0 Å². The van der Waals surface area contributed by atoms with Crippen LogP contribution in [0.1, 0.15) is 16.7 Å². The van der Waals surface area contributed by atoms with Gasteiger partial charge >= 0.3 is 0 Å². The molecular formula is C22H30FN2O2+. The molecule has 0 spiro atoms. The number of aryl methyl sites for hydroxylation is 3. The van der Waals surface area contributed by atoms with E-state index < -0.39 is 6.10 Å². The first-order valence-corrected chi connectivity index (χ1v) is 9.66. The molecule has 0 radical (unpaired) electrons. The van der Waals surface area contributed by atoms with Crippen molar-refractivity contribution in [3.05, 3.63) is 58.9 Å². The van der Waals surface area contributed by atoms with Gasteiger partial charge < -0.3 is 19.6 Å². The molecule has 1 unspecified atom stereocenters. The second-order valence-electron chi connectivity index (χ2n) is 7.59. The van der Waals surface area contributed by atoms with Crippen molar-refractivity contribution >= 4 is 5.69 Å². The number of anilines is 1. The van der Waals surface area contributed by atoms with Crippen molar-refractivity contribution in [2.45, 2.75) is 26.9 Å². The number of para-hydroxylation sites is 1. The first-order valence-electron chi connectivity index (χ1n) is 9.66. The van der Waals surface area contributed by atoms with E-state index in [2.05, 4.69) is 24.0 Å². The number of aliphatic hydroxyl groups is 1. The molecule has 0 bridgehead atoms. The van der Waals surface area contributed by atoms with Crippen LogP contribution in [0.3, 0.4) is 0 Å². The molecular weight excluding hydrogens is 343 g/mol. The monoisotopic (exact) mass is 373 g/mol. The fraction of sp³-hybridized carbons (Fsp3) is 0.455. The minimum atomic E-state index is -0.514. The zero-order valence-corrected chi connectivity index (χ0v) is 16.5. The third kappa shape index (κ3) is 4.99. The summed E-state index contributed by atoms with van der Waals surface area (Å²) in [5.41, 5.74) is 4.09. The summed E-state index contributed by atoms with van der Waals surface area (Å²) in [4.78, 5) is 3.41. The van der Waals surface area contributed by atoms with E-state index in [4.69, 9.17) is 4.74 Å². The second-order valence-corrected chi connectivity index (χ2v) is 7.59. The number of hydrogen-bond donors (Lipinski definition) is 2. The van der Waals surface area contributed by atoms with Crippen LogP contribution in [0.15, 0.2) is 36.4 Å². The largest absolute Gasteiger partial charge is 0.490 e. The van der Waals surface area contributed by atoms with E-state index in [-0.39, 0.29) is 5.82 Å². The zero-order chi connectivity index (χ0) is 19.4. The summed E-state index contributed by atoms with van der Waals surface area (Å²) in [6.45, 7) is 10.4. The van der Waals surface area contributed by atoms with Gasteiger partial charge in [0, 0.05) is 0 Å². The Hall–Kier alpha value is -2.11. The summed E-state index contributed by atoms with van der Waals surface area (Å²) in [6.07, 6.45) is -0.514. The number of nitrogens with zero attached hydrogens (tertiary/aromatic N) is 1. The topological polar surface area (TPSA) is 37.1 Å². The van der Waals surface area contributed by atoms with E-state index >= 15 is 0 Å². The van der Waals surface area contributed by atoms with Crippen LogP contribution in [0.4, 0.5) is 10.1 Å². The normalized spacial score (nSPS) is 16.4. The average Bonchev–Trinajstić information content (AvgIpc) is 2.62. The summed E-state index contributed by atoms with van der Waals surface area (Å²) < 4.78 is 19.8. The molecule has 4 nitrogen and oxygen atoms in total. The van der Waals surface area contributed by atoms with Gasteiger partial charge in [0.25, 0.3) is 0 Å². The van der Waals surface area contributed by atoms with Crippen molar-refractivity contribution in [3.63, 3.8) is 0 Å². The van der Waals surface area contributed by atoms with Crippen LogP contribution < -0.4 is 14.5 Å². The maximum atomic E-state index is 13.9. The molecule has 1 aliphatic rings. The minimum absolute atomic E-state index is 0.168. The number of benzene rings is 2. The van der Waals surface area contributed by atoms with Crippen LogP contribution in [0.5, 0.6) is 5.75 Å². The smallest absolute Gasteiger partial charge is 0.146 e. The van der Waals surface area contributed by atoms with E-state index in [0.717, 1.165) is 43.1 Å². The molecule has 1 fully saturated rings. The highest BCUT2D eigenvalue weighted by Gasteiger charge is 2.24. The highest BCUT2D eigenvalue weighted by Crippen LogP contribution is 2.24. The Labute approximate surface area is 161 Å². The quantitative estimate of drug-likeness (QED) is 0.812. The van der Waals surface area contributed by atoms with Crippen LogP contribution in [0.25, 0.3) is 0 Å². The molecule has 0 aliphatic carbocycles. The maximum absolute atomic E-state index is 13.9. The number of halogens is 1. The van der Waals surface area contributed by atoms with Gasteiger partial charge in [-0.1, -0.05) is 29.8 Å². The summed E-state index contributed by atoms with van der Waals surface area (Å²) in [6, 6.07) is 11.1. The Morgan fingerprint density at radius 2 is 1.74 bits per heavy atom. The molecule has 1 heterocycles. The second kappa shape index (κ2) is 8.72. The van der Waals surface area contributed by atoms with Gasteiger partial charge in [0.15, 0.2) is 0 Å².